The summed E-state index contributed by atoms with van der Waals surface area (Å²) in [6.45, 7) is 0. The zero-order valence-corrected chi connectivity index (χ0v) is 14.9. The van der Waals surface area contributed by atoms with E-state index < -0.39 is 27.7 Å². The maximum Gasteiger partial charge on any atom is 0.274 e. The zero-order chi connectivity index (χ0) is 18.1. The number of sulfonamides is 1. The summed E-state index contributed by atoms with van der Waals surface area (Å²) in [7, 11) is -3.92. The number of aromatic amines is 1. The standard InChI is InChI=1S/C17H13F2N3O2S2/c18-12-6-10-14(7-13(12)19)22(26(23,24)15-2-1-5-25-15)17(9-3-4-9)11-8-20-21-16(10)11/h1-2,5-9,17H,3-4H2,(H,20,21). The van der Waals surface area contributed by atoms with Gasteiger partial charge in [0, 0.05) is 23.4 Å². The first-order valence-corrected chi connectivity index (χ1v) is 10.4. The maximum absolute atomic E-state index is 14.0. The first-order valence-electron chi connectivity index (χ1n) is 8.09. The lowest BCUT2D eigenvalue weighted by Crippen LogP contribution is -2.38. The summed E-state index contributed by atoms with van der Waals surface area (Å²) >= 11 is 1.10. The highest BCUT2D eigenvalue weighted by Crippen LogP contribution is 2.55. The van der Waals surface area contributed by atoms with E-state index in [4.69, 9.17) is 0 Å². The van der Waals surface area contributed by atoms with Crippen LogP contribution in [0.5, 0.6) is 0 Å². The molecular formula is C17H13F2N3O2S2. The van der Waals surface area contributed by atoms with Crippen molar-refractivity contribution in [1.29, 1.82) is 0 Å². The minimum atomic E-state index is -3.92. The predicted octanol–water partition coefficient (Wildman–Crippen LogP) is 4.08. The van der Waals surface area contributed by atoms with Gasteiger partial charge in [-0.05, 0) is 36.3 Å². The lowest BCUT2D eigenvalue weighted by molar-refractivity contribution is 0.506. The molecule has 0 radical (unpaired) electrons. The molecule has 1 fully saturated rings. The van der Waals surface area contributed by atoms with Crippen molar-refractivity contribution < 1.29 is 17.2 Å². The first-order chi connectivity index (χ1) is 12.5. The van der Waals surface area contributed by atoms with Crippen LogP contribution in [0.4, 0.5) is 14.5 Å². The Kier molecular flexibility index (Phi) is 3.29. The molecule has 2 aromatic heterocycles. The Morgan fingerprint density at radius 1 is 1.23 bits per heavy atom. The molecule has 0 bridgehead atoms. The van der Waals surface area contributed by atoms with Gasteiger partial charge in [0.2, 0.25) is 0 Å². The Hall–Kier alpha value is -2.26. The Morgan fingerprint density at radius 2 is 2.00 bits per heavy atom. The summed E-state index contributed by atoms with van der Waals surface area (Å²) < 4.78 is 56.1. The van der Waals surface area contributed by atoms with Gasteiger partial charge in [0.25, 0.3) is 10.0 Å². The number of halogens is 2. The van der Waals surface area contributed by atoms with Crippen LogP contribution in [0.15, 0.2) is 40.1 Å². The van der Waals surface area contributed by atoms with Crippen molar-refractivity contribution in [2.24, 2.45) is 5.92 Å². The molecule has 1 atom stereocenters. The van der Waals surface area contributed by atoms with E-state index in [1.807, 2.05) is 0 Å². The van der Waals surface area contributed by atoms with E-state index in [1.54, 1.807) is 17.6 Å². The maximum atomic E-state index is 14.0. The minimum absolute atomic E-state index is 0.127. The normalized spacial score (nSPS) is 19.3. The summed E-state index contributed by atoms with van der Waals surface area (Å²) in [5.41, 5.74) is 1.59. The van der Waals surface area contributed by atoms with Crippen LogP contribution >= 0.6 is 11.3 Å². The molecule has 9 heteroatoms. The monoisotopic (exact) mass is 393 g/mol. The van der Waals surface area contributed by atoms with Crippen molar-refractivity contribution >= 4 is 27.0 Å². The van der Waals surface area contributed by atoms with Gasteiger partial charge in [0.1, 0.15) is 4.21 Å². The largest absolute Gasteiger partial charge is 0.285 e. The van der Waals surface area contributed by atoms with Gasteiger partial charge >= 0.3 is 0 Å². The number of aromatic nitrogens is 2. The van der Waals surface area contributed by atoms with E-state index in [2.05, 4.69) is 10.2 Å². The van der Waals surface area contributed by atoms with Crippen LogP contribution in [-0.2, 0) is 10.0 Å². The number of nitrogens with zero attached hydrogens (tertiary/aromatic N) is 2. The molecule has 0 amide bonds. The SMILES string of the molecule is O=S(=O)(c1cccs1)N1c2cc(F)c(F)cc2-c2n[nH]cc2C1C1CC1. The molecule has 2 aliphatic rings. The van der Waals surface area contributed by atoms with Gasteiger partial charge in [-0.2, -0.15) is 5.10 Å². The van der Waals surface area contributed by atoms with Gasteiger partial charge in [-0.15, -0.1) is 11.3 Å². The number of anilines is 1. The number of benzene rings is 1. The second kappa shape index (κ2) is 5.37. The molecule has 26 heavy (non-hydrogen) atoms. The van der Waals surface area contributed by atoms with Crippen LogP contribution in [0.25, 0.3) is 11.3 Å². The molecule has 1 aliphatic heterocycles. The van der Waals surface area contributed by atoms with E-state index in [9.17, 15) is 17.2 Å². The highest BCUT2D eigenvalue weighted by atomic mass is 32.2. The summed E-state index contributed by atoms with van der Waals surface area (Å²) in [5, 5.41) is 8.60. The van der Waals surface area contributed by atoms with Crippen LogP contribution in [0.1, 0.15) is 24.4 Å². The van der Waals surface area contributed by atoms with E-state index in [0.29, 0.717) is 11.3 Å². The molecule has 0 saturated heterocycles. The van der Waals surface area contributed by atoms with Gasteiger partial charge in [-0.25, -0.2) is 17.2 Å². The molecule has 134 valence electrons. The Bertz CT molecular complexity index is 1110. The Balaban J connectivity index is 1.82. The average molecular weight is 393 g/mol. The lowest BCUT2D eigenvalue weighted by Gasteiger charge is -2.37. The molecule has 0 spiro atoms. The third-order valence-electron chi connectivity index (χ3n) is 4.85. The summed E-state index contributed by atoms with van der Waals surface area (Å²) in [6.07, 6.45) is 3.41. The fourth-order valence-corrected chi connectivity index (χ4v) is 6.35. The van der Waals surface area contributed by atoms with Crippen LogP contribution < -0.4 is 4.31 Å². The molecule has 1 aromatic carbocycles. The number of hydrogen-bond acceptors (Lipinski definition) is 4. The molecule has 5 rings (SSSR count). The number of rotatable bonds is 3. The summed E-state index contributed by atoms with van der Waals surface area (Å²) in [5.74, 6) is -1.98. The highest BCUT2D eigenvalue weighted by Gasteiger charge is 2.47. The summed E-state index contributed by atoms with van der Waals surface area (Å²) in [6, 6.07) is 4.68. The third-order valence-corrected chi connectivity index (χ3v) is 8.02. The van der Waals surface area contributed by atoms with Crippen molar-refractivity contribution in [1.82, 2.24) is 10.2 Å². The van der Waals surface area contributed by atoms with Gasteiger partial charge in [-0.3, -0.25) is 9.40 Å². The molecular weight excluding hydrogens is 380 g/mol. The topological polar surface area (TPSA) is 66.1 Å². The molecule has 1 unspecified atom stereocenters. The fourth-order valence-electron chi connectivity index (χ4n) is 3.57. The van der Waals surface area contributed by atoms with E-state index in [-0.39, 0.29) is 21.4 Å². The van der Waals surface area contributed by atoms with Crippen LogP contribution in [0.3, 0.4) is 0 Å². The van der Waals surface area contributed by atoms with Gasteiger partial charge in [0.05, 0.1) is 17.4 Å². The molecule has 1 saturated carbocycles. The Labute approximate surface area is 152 Å². The molecule has 1 N–H and O–H groups in total. The van der Waals surface area contributed by atoms with Gasteiger partial charge in [-0.1, -0.05) is 6.07 Å². The van der Waals surface area contributed by atoms with E-state index in [1.165, 1.54) is 10.4 Å². The van der Waals surface area contributed by atoms with Gasteiger partial charge < -0.3 is 0 Å². The fraction of sp³-hybridized carbons (Fsp3) is 0.235. The predicted molar refractivity (Wildman–Crippen MR) is 93.4 cm³/mol. The average Bonchev–Trinajstić information content (AvgIpc) is 3.10. The van der Waals surface area contributed by atoms with Crippen molar-refractivity contribution in [3.05, 3.63) is 53.0 Å². The number of nitrogens with one attached hydrogen (secondary N) is 1. The van der Waals surface area contributed by atoms with Crippen molar-refractivity contribution in [2.45, 2.75) is 23.1 Å². The quantitative estimate of drug-likeness (QED) is 0.729. The first kappa shape index (κ1) is 16.0. The van der Waals surface area contributed by atoms with E-state index in [0.717, 1.165) is 36.3 Å². The highest BCUT2D eigenvalue weighted by molar-refractivity contribution is 7.94. The number of fused-ring (bicyclic) bond motifs is 3. The van der Waals surface area contributed by atoms with Gasteiger partial charge in [0.15, 0.2) is 11.6 Å². The van der Waals surface area contributed by atoms with Crippen molar-refractivity contribution in [3.8, 4) is 11.3 Å². The minimum Gasteiger partial charge on any atom is -0.285 e. The number of hydrogen-bond donors (Lipinski definition) is 1. The second-order valence-electron chi connectivity index (χ2n) is 6.49. The lowest BCUT2D eigenvalue weighted by atomic mass is 9.93. The van der Waals surface area contributed by atoms with E-state index >= 15 is 0 Å². The molecule has 1 aliphatic carbocycles. The van der Waals surface area contributed by atoms with Crippen molar-refractivity contribution in [3.63, 3.8) is 0 Å². The molecule has 5 nitrogen and oxygen atoms in total. The molecule has 3 heterocycles. The van der Waals surface area contributed by atoms with Crippen LogP contribution in [0, 0.1) is 17.6 Å². The smallest absolute Gasteiger partial charge is 0.274 e. The second-order valence-corrected chi connectivity index (χ2v) is 9.48. The number of thiophene rings is 1. The number of H-pyrrole nitrogens is 1. The van der Waals surface area contributed by atoms with Crippen LogP contribution in [0.2, 0.25) is 0 Å². The molecule has 3 aromatic rings. The van der Waals surface area contributed by atoms with Crippen LogP contribution in [-0.4, -0.2) is 18.6 Å². The van der Waals surface area contributed by atoms with Crippen molar-refractivity contribution in [2.75, 3.05) is 4.31 Å². The zero-order valence-electron chi connectivity index (χ0n) is 13.3. The summed E-state index contributed by atoms with van der Waals surface area (Å²) in [4.78, 5) is 0. The third kappa shape index (κ3) is 2.16. The Morgan fingerprint density at radius 3 is 2.69 bits per heavy atom.